The zero-order valence-electron chi connectivity index (χ0n) is 19.7. The van der Waals surface area contributed by atoms with Gasteiger partial charge >= 0.3 is 5.97 Å². The fourth-order valence-corrected chi connectivity index (χ4v) is 5.19. The molecule has 0 aliphatic carbocycles. The first-order chi connectivity index (χ1) is 17.4. The second-order valence-corrected chi connectivity index (χ2v) is 9.05. The number of esters is 1. The Hall–Kier alpha value is -4.30. The Morgan fingerprint density at radius 1 is 1.19 bits per heavy atom. The van der Waals surface area contributed by atoms with Crippen molar-refractivity contribution in [2.45, 2.75) is 32.1 Å². The molecule has 0 radical (unpaired) electrons. The monoisotopic (exact) mass is 482 g/mol. The smallest absolute Gasteiger partial charge is 0.343 e. The minimum atomic E-state index is -1.88. The summed E-state index contributed by atoms with van der Waals surface area (Å²) in [4.78, 5) is 43.5. The number of rotatable bonds is 4. The Bertz CT molecular complexity index is 1660. The molecular weight excluding hydrogens is 460 g/mol. The number of carbonyl (C=O) groups excluding carboxylic acids is 2. The van der Waals surface area contributed by atoms with E-state index in [0.717, 1.165) is 16.5 Å². The van der Waals surface area contributed by atoms with Crippen molar-refractivity contribution in [2.24, 2.45) is 0 Å². The number of benzene rings is 2. The average Bonchev–Trinajstić information content (AvgIpc) is 3.27. The molecule has 2 aliphatic heterocycles. The minimum absolute atomic E-state index is 0.0782. The number of pyridine rings is 2. The van der Waals surface area contributed by atoms with Crippen LogP contribution in [0.25, 0.3) is 22.0 Å². The van der Waals surface area contributed by atoms with Crippen molar-refractivity contribution in [3.63, 3.8) is 0 Å². The number of hydrogen-bond donors (Lipinski definition) is 1. The first-order valence-corrected chi connectivity index (χ1v) is 11.6. The third kappa shape index (κ3) is 3.04. The van der Waals surface area contributed by atoms with Gasteiger partial charge in [0.1, 0.15) is 18.1 Å². The van der Waals surface area contributed by atoms with Crippen LogP contribution in [-0.2, 0) is 28.3 Å². The third-order valence-electron chi connectivity index (χ3n) is 7.17. The van der Waals surface area contributed by atoms with Crippen molar-refractivity contribution >= 4 is 22.5 Å². The Balaban J connectivity index is 1.60. The minimum Gasteiger partial charge on any atom is -0.497 e. The van der Waals surface area contributed by atoms with Gasteiger partial charge in [-0.05, 0) is 65.2 Å². The molecular formula is C28H22N2O6. The second kappa shape index (κ2) is 7.86. The molecule has 0 amide bonds. The molecule has 8 heteroatoms. The number of hydrogen-bond acceptors (Lipinski definition) is 7. The van der Waals surface area contributed by atoms with Crippen molar-refractivity contribution in [1.29, 1.82) is 0 Å². The lowest BCUT2D eigenvalue weighted by Gasteiger charge is -2.31. The van der Waals surface area contributed by atoms with Crippen molar-refractivity contribution < 1.29 is 24.2 Å². The van der Waals surface area contributed by atoms with Crippen LogP contribution in [0.2, 0.25) is 0 Å². The molecule has 1 N–H and O–H groups in total. The Morgan fingerprint density at radius 3 is 2.75 bits per heavy atom. The number of fused-ring (bicyclic) bond motifs is 5. The Morgan fingerprint density at radius 2 is 2.03 bits per heavy atom. The summed E-state index contributed by atoms with van der Waals surface area (Å²) < 4.78 is 12.2. The molecule has 0 fully saturated rings. The molecule has 180 valence electrons. The molecule has 4 aromatic rings. The first kappa shape index (κ1) is 22.2. The summed E-state index contributed by atoms with van der Waals surface area (Å²) in [5.41, 5.74) is 1.36. The molecule has 0 unspecified atom stereocenters. The van der Waals surface area contributed by atoms with Crippen LogP contribution >= 0.6 is 0 Å². The van der Waals surface area contributed by atoms with Gasteiger partial charge in [0, 0.05) is 22.9 Å². The highest BCUT2D eigenvalue weighted by molar-refractivity contribution is 6.16. The first-order valence-electron chi connectivity index (χ1n) is 11.6. The normalized spacial score (nSPS) is 17.8. The van der Waals surface area contributed by atoms with Gasteiger partial charge in [0.25, 0.3) is 5.56 Å². The van der Waals surface area contributed by atoms with Gasteiger partial charge in [0.05, 0.1) is 24.9 Å². The fourth-order valence-electron chi connectivity index (χ4n) is 5.19. The highest BCUT2D eigenvalue weighted by atomic mass is 16.6. The van der Waals surface area contributed by atoms with Gasteiger partial charge in [0.2, 0.25) is 5.78 Å². The van der Waals surface area contributed by atoms with Gasteiger partial charge in [-0.2, -0.15) is 0 Å². The maximum atomic E-state index is 13.4. The van der Waals surface area contributed by atoms with Crippen LogP contribution in [0.3, 0.4) is 0 Å². The van der Waals surface area contributed by atoms with Gasteiger partial charge in [-0.25, -0.2) is 4.79 Å². The van der Waals surface area contributed by atoms with E-state index in [2.05, 4.69) is 4.98 Å². The highest BCUT2D eigenvalue weighted by Crippen LogP contribution is 2.41. The summed E-state index contributed by atoms with van der Waals surface area (Å²) in [5.74, 6) is -0.467. The Labute approximate surface area is 205 Å². The molecule has 6 rings (SSSR count). The van der Waals surface area contributed by atoms with Crippen LogP contribution in [0, 0.1) is 0 Å². The SMILES string of the molecule is CC[C@@]1(O)C(=O)OCc2c1cc1n(c2=O)Cc2cc3cc(OC)cc(C(=O)c4ccccn4)c3cc2-1. The summed E-state index contributed by atoms with van der Waals surface area (Å²) in [7, 11) is 1.54. The topological polar surface area (TPSA) is 108 Å². The van der Waals surface area contributed by atoms with Gasteiger partial charge in [-0.1, -0.05) is 13.0 Å². The lowest BCUT2D eigenvalue weighted by atomic mass is 9.85. The highest BCUT2D eigenvalue weighted by Gasteiger charge is 2.45. The van der Waals surface area contributed by atoms with Gasteiger partial charge < -0.3 is 19.1 Å². The number of aromatic nitrogens is 2. The average molecular weight is 482 g/mol. The Kier molecular flexibility index (Phi) is 4.84. The van der Waals surface area contributed by atoms with E-state index >= 15 is 0 Å². The van der Waals surface area contributed by atoms with Gasteiger partial charge in [-0.3, -0.25) is 14.6 Å². The summed E-state index contributed by atoms with van der Waals surface area (Å²) in [6, 6.07) is 14.2. The maximum Gasteiger partial charge on any atom is 0.343 e. The molecule has 0 saturated heterocycles. The van der Waals surface area contributed by atoms with E-state index in [-0.39, 0.29) is 35.5 Å². The second-order valence-electron chi connectivity index (χ2n) is 9.05. The van der Waals surface area contributed by atoms with Crippen molar-refractivity contribution in [3.8, 4) is 17.0 Å². The largest absolute Gasteiger partial charge is 0.497 e. The molecule has 2 aromatic heterocycles. The summed E-state index contributed by atoms with van der Waals surface area (Å²) in [5, 5.41) is 12.6. The maximum absolute atomic E-state index is 13.4. The number of nitrogens with zero attached hydrogens (tertiary/aromatic N) is 2. The van der Waals surface area contributed by atoms with E-state index in [1.165, 1.54) is 0 Å². The molecule has 4 heterocycles. The number of ether oxygens (including phenoxy) is 2. The van der Waals surface area contributed by atoms with E-state index in [4.69, 9.17) is 9.47 Å². The molecule has 1 atom stereocenters. The lowest BCUT2D eigenvalue weighted by Crippen LogP contribution is -2.44. The molecule has 0 saturated carbocycles. The van der Waals surface area contributed by atoms with E-state index in [9.17, 15) is 19.5 Å². The summed E-state index contributed by atoms with van der Waals surface area (Å²) in [6.07, 6.45) is 1.65. The lowest BCUT2D eigenvalue weighted by molar-refractivity contribution is -0.172. The molecule has 2 aromatic carbocycles. The number of aliphatic hydroxyl groups is 1. The molecule has 8 nitrogen and oxygen atoms in total. The fraction of sp³-hybridized carbons (Fsp3) is 0.214. The van der Waals surface area contributed by atoms with Crippen LogP contribution in [-0.4, -0.2) is 33.5 Å². The van der Waals surface area contributed by atoms with Crippen LogP contribution in [0.1, 0.15) is 46.1 Å². The molecule has 0 spiro atoms. The standard InChI is InChI=1S/C28H22N2O6/c1-3-28(34)22-12-24-19-11-18-15(8-16(19)13-30(24)26(32)21(22)14-36-27(28)33)9-17(35-2)10-20(18)25(31)23-6-4-5-7-29-23/h4-12,34H,3,13-14H2,1-2H3/t28-/m0/s1. The van der Waals surface area contributed by atoms with Gasteiger partial charge in [0.15, 0.2) is 5.60 Å². The van der Waals surface area contributed by atoms with Crippen molar-refractivity contribution in [3.05, 3.63) is 93.0 Å². The summed E-state index contributed by atoms with van der Waals surface area (Å²) in [6.45, 7) is 1.82. The number of carbonyl (C=O) groups is 2. The molecule has 0 bridgehead atoms. The van der Waals surface area contributed by atoms with Crippen LogP contribution in [0.5, 0.6) is 5.75 Å². The van der Waals surface area contributed by atoms with Crippen molar-refractivity contribution in [2.75, 3.05) is 7.11 Å². The van der Waals surface area contributed by atoms with Crippen LogP contribution in [0.15, 0.2) is 59.5 Å². The van der Waals surface area contributed by atoms with Crippen LogP contribution < -0.4 is 10.3 Å². The number of ketones is 1. The molecule has 2 aliphatic rings. The van der Waals surface area contributed by atoms with Gasteiger partial charge in [-0.15, -0.1) is 0 Å². The van der Waals surface area contributed by atoms with Crippen LogP contribution in [0.4, 0.5) is 0 Å². The van der Waals surface area contributed by atoms with Crippen molar-refractivity contribution in [1.82, 2.24) is 9.55 Å². The van der Waals surface area contributed by atoms with E-state index in [1.807, 2.05) is 18.2 Å². The summed E-state index contributed by atoms with van der Waals surface area (Å²) >= 11 is 0. The van der Waals surface area contributed by atoms with E-state index < -0.39 is 11.6 Å². The zero-order valence-corrected chi connectivity index (χ0v) is 19.7. The number of cyclic esters (lactones) is 1. The predicted octanol–water partition coefficient (Wildman–Crippen LogP) is 3.32. The third-order valence-corrected chi connectivity index (χ3v) is 7.17. The van der Waals surface area contributed by atoms with E-state index in [0.29, 0.717) is 34.6 Å². The number of methoxy groups -OCH3 is 1. The quantitative estimate of drug-likeness (QED) is 0.309. The predicted molar refractivity (Wildman–Crippen MR) is 131 cm³/mol. The molecule has 36 heavy (non-hydrogen) atoms. The van der Waals surface area contributed by atoms with E-state index in [1.54, 1.807) is 55.1 Å². The zero-order chi connectivity index (χ0) is 25.2.